The van der Waals surface area contributed by atoms with Crippen molar-refractivity contribution in [3.05, 3.63) is 37.0 Å². The zero-order valence-electron chi connectivity index (χ0n) is 10.4. The van der Waals surface area contributed by atoms with Crippen LogP contribution in [0, 0.1) is 5.92 Å². The molecule has 0 spiro atoms. The van der Waals surface area contributed by atoms with Gasteiger partial charge in [-0.3, -0.25) is 0 Å². The second-order valence-corrected chi connectivity index (χ2v) is 3.99. The number of hydrogen-bond donors (Lipinski definition) is 0. The molecule has 0 aromatic carbocycles. The molecule has 0 N–H and O–H groups in total. The fourth-order valence-electron chi connectivity index (χ4n) is 1.11. The van der Waals surface area contributed by atoms with Crippen molar-refractivity contribution in [1.29, 1.82) is 0 Å². The average molecular weight is 194 g/mol. The molecular formula is C14H26. The van der Waals surface area contributed by atoms with E-state index in [1.807, 2.05) is 6.08 Å². The molecule has 0 fully saturated rings. The Labute approximate surface area is 90.4 Å². The summed E-state index contributed by atoms with van der Waals surface area (Å²) in [6.07, 6.45) is 5.58. The molecule has 0 nitrogen and oxygen atoms in total. The molecule has 0 bridgehead atoms. The van der Waals surface area contributed by atoms with Crippen LogP contribution >= 0.6 is 0 Å². The van der Waals surface area contributed by atoms with Crippen LogP contribution < -0.4 is 0 Å². The smallest absolute Gasteiger partial charge is 0.0142 e. The molecule has 82 valence electrons. The Morgan fingerprint density at radius 3 is 2.00 bits per heavy atom. The maximum Gasteiger partial charge on any atom is -0.0142 e. The third-order valence-electron chi connectivity index (χ3n) is 2.28. The van der Waals surface area contributed by atoms with Crippen LogP contribution in [0.4, 0.5) is 0 Å². The molecule has 0 radical (unpaired) electrons. The first-order chi connectivity index (χ1) is 6.57. The SMILES string of the molecule is C=C.C=CC/C(C)=C(/C)CCC(C)C. The molecule has 0 amide bonds. The van der Waals surface area contributed by atoms with Gasteiger partial charge in [-0.2, -0.15) is 0 Å². The van der Waals surface area contributed by atoms with E-state index in [-0.39, 0.29) is 0 Å². The van der Waals surface area contributed by atoms with E-state index in [1.54, 1.807) is 5.57 Å². The van der Waals surface area contributed by atoms with E-state index >= 15 is 0 Å². The average Bonchev–Trinajstić information content (AvgIpc) is 2.17. The molecule has 0 aliphatic carbocycles. The largest absolute Gasteiger partial charge is 0.106 e. The lowest BCUT2D eigenvalue weighted by atomic mass is 9.99. The van der Waals surface area contributed by atoms with Crippen molar-refractivity contribution in [3.63, 3.8) is 0 Å². The highest BCUT2D eigenvalue weighted by Crippen LogP contribution is 2.16. The number of rotatable bonds is 5. The van der Waals surface area contributed by atoms with Crippen molar-refractivity contribution in [2.45, 2.75) is 47.0 Å². The first-order valence-corrected chi connectivity index (χ1v) is 5.34. The minimum atomic E-state index is 0.816. The van der Waals surface area contributed by atoms with Crippen LogP contribution in [0.3, 0.4) is 0 Å². The van der Waals surface area contributed by atoms with Gasteiger partial charge in [-0.1, -0.05) is 31.1 Å². The Morgan fingerprint density at radius 2 is 1.64 bits per heavy atom. The molecule has 0 heterocycles. The fourth-order valence-corrected chi connectivity index (χ4v) is 1.11. The number of hydrogen-bond acceptors (Lipinski definition) is 0. The van der Waals surface area contributed by atoms with E-state index in [9.17, 15) is 0 Å². The summed E-state index contributed by atoms with van der Waals surface area (Å²) in [4.78, 5) is 0. The molecule has 0 heteroatoms. The van der Waals surface area contributed by atoms with Crippen molar-refractivity contribution in [3.8, 4) is 0 Å². The Morgan fingerprint density at radius 1 is 1.14 bits per heavy atom. The Hall–Kier alpha value is -0.780. The van der Waals surface area contributed by atoms with Gasteiger partial charge < -0.3 is 0 Å². The van der Waals surface area contributed by atoms with Gasteiger partial charge in [0.2, 0.25) is 0 Å². The van der Waals surface area contributed by atoms with Gasteiger partial charge in [0.1, 0.15) is 0 Å². The summed E-state index contributed by atoms with van der Waals surface area (Å²) in [5.74, 6) is 0.816. The van der Waals surface area contributed by atoms with Gasteiger partial charge in [-0.15, -0.1) is 19.7 Å². The molecule has 0 rings (SSSR count). The van der Waals surface area contributed by atoms with Crippen LogP contribution in [0.25, 0.3) is 0 Å². The van der Waals surface area contributed by atoms with Crippen molar-refractivity contribution in [2.24, 2.45) is 5.92 Å². The fraction of sp³-hybridized carbons (Fsp3) is 0.571. The highest BCUT2D eigenvalue weighted by atomic mass is 14.0. The van der Waals surface area contributed by atoms with Crippen molar-refractivity contribution in [1.82, 2.24) is 0 Å². The quantitative estimate of drug-likeness (QED) is 0.532. The highest BCUT2D eigenvalue weighted by molar-refractivity contribution is 5.12. The van der Waals surface area contributed by atoms with Gasteiger partial charge in [0.15, 0.2) is 0 Å². The van der Waals surface area contributed by atoms with E-state index in [1.165, 1.54) is 18.4 Å². The predicted molar refractivity (Wildman–Crippen MR) is 68.5 cm³/mol. The highest BCUT2D eigenvalue weighted by Gasteiger charge is 1.98. The molecule has 0 atom stereocenters. The third-order valence-corrected chi connectivity index (χ3v) is 2.28. The molecule has 0 saturated heterocycles. The standard InChI is InChI=1S/C12H22.C2H4/c1-6-7-11(4)12(5)9-8-10(2)3;1-2/h6,10H,1,7-9H2,2-5H3;1-2H2/b12-11-;. The van der Waals surface area contributed by atoms with E-state index in [2.05, 4.69) is 47.4 Å². The summed E-state index contributed by atoms with van der Waals surface area (Å²) >= 11 is 0. The third kappa shape index (κ3) is 9.31. The molecule has 0 aliphatic heterocycles. The monoisotopic (exact) mass is 194 g/mol. The van der Waals surface area contributed by atoms with E-state index in [0.717, 1.165) is 12.3 Å². The zero-order valence-corrected chi connectivity index (χ0v) is 10.4. The predicted octanol–water partition coefficient (Wildman–Crippen LogP) is 5.14. The van der Waals surface area contributed by atoms with E-state index in [4.69, 9.17) is 0 Å². The second kappa shape index (κ2) is 10.3. The summed E-state index contributed by atoms with van der Waals surface area (Å²) in [6, 6.07) is 0. The first kappa shape index (κ1) is 15.7. The maximum atomic E-state index is 3.74. The minimum absolute atomic E-state index is 0.816. The van der Waals surface area contributed by atoms with Crippen LogP contribution in [0.1, 0.15) is 47.0 Å². The van der Waals surface area contributed by atoms with E-state index < -0.39 is 0 Å². The van der Waals surface area contributed by atoms with Gasteiger partial charge in [0, 0.05) is 0 Å². The van der Waals surface area contributed by atoms with Crippen molar-refractivity contribution in [2.75, 3.05) is 0 Å². The Balaban J connectivity index is 0. The van der Waals surface area contributed by atoms with Crippen LogP contribution in [0.5, 0.6) is 0 Å². The molecule has 0 unspecified atom stereocenters. The van der Waals surface area contributed by atoms with Gasteiger partial charge >= 0.3 is 0 Å². The second-order valence-electron chi connectivity index (χ2n) is 3.99. The van der Waals surface area contributed by atoms with Crippen LogP contribution in [0.15, 0.2) is 37.0 Å². The van der Waals surface area contributed by atoms with Gasteiger partial charge in [0.05, 0.1) is 0 Å². The molecule has 0 aromatic rings. The minimum Gasteiger partial charge on any atom is -0.106 e. The zero-order chi connectivity index (χ0) is 11.6. The van der Waals surface area contributed by atoms with Crippen LogP contribution in [-0.4, -0.2) is 0 Å². The van der Waals surface area contributed by atoms with Crippen molar-refractivity contribution < 1.29 is 0 Å². The lowest BCUT2D eigenvalue weighted by Gasteiger charge is -2.07. The maximum absolute atomic E-state index is 3.74. The van der Waals surface area contributed by atoms with Gasteiger partial charge in [-0.25, -0.2) is 0 Å². The topological polar surface area (TPSA) is 0 Å². The lowest BCUT2D eigenvalue weighted by Crippen LogP contribution is -1.90. The first-order valence-electron chi connectivity index (χ1n) is 5.34. The van der Waals surface area contributed by atoms with Crippen LogP contribution in [0.2, 0.25) is 0 Å². The molecule has 14 heavy (non-hydrogen) atoms. The lowest BCUT2D eigenvalue weighted by molar-refractivity contribution is 0.582. The molecule has 0 aliphatic rings. The van der Waals surface area contributed by atoms with Crippen molar-refractivity contribution >= 4 is 0 Å². The summed E-state index contributed by atoms with van der Waals surface area (Å²) in [7, 11) is 0. The van der Waals surface area contributed by atoms with Crippen LogP contribution in [-0.2, 0) is 0 Å². The Bertz CT molecular complexity index is 172. The summed E-state index contributed by atoms with van der Waals surface area (Å²) < 4.78 is 0. The molecule has 0 saturated carbocycles. The summed E-state index contributed by atoms with van der Waals surface area (Å²) in [6.45, 7) is 18.7. The Kier molecular flexibility index (Phi) is 11.5. The summed E-state index contributed by atoms with van der Waals surface area (Å²) in [5, 5.41) is 0. The summed E-state index contributed by atoms with van der Waals surface area (Å²) in [5.41, 5.74) is 3.04. The number of allylic oxidation sites excluding steroid dienone is 3. The molecular weight excluding hydrogens is 168 g/mol. The molecule has 0 aromatic heterocycles. The normalized spacial score (nSPS) is 11.5. The van der Waals surface area contributed by atoms with Gasteiger partial charge in [0.25, 0.3) is 0 Å². The van der Waals surface area contributed by atoms with Gasteiger partial charge in [-0.05, 0) is 39.0 Å². The van der Waals surface area contributed by atoms with E-state index in [0.29, 0.717) is 0 Å².